The van der Waals surface area contributed by atoms with Crippen molar-refractivity contribution in [2.45, 2.75) is 39.3 Å². The number of thiophene rings is 1. The second-order valence-corrected chi connectivity index (χ2v) is 9.61. The van der Waals surface area contributed by atoms with E-state index >= 15 is 0 Å². The molecule has 0 bridgehead atoms. The number of amides is 2. The SMILES string of the molecule is CCOc1ccccc1CNC(=O)[C@@H]1c2ccccc2C(=O)N(CC(C)C)[C@@H]1c1cccs1. The number of carbonyl (C=O) groups excluding carboxylic acids is 2. The standard InChI is InChI=1S/C27H30N2O3S/c1-4-32-22-13-8-5-10-19(22)16-28-26(30)24-20-11-6-7-12-21(20)27(31)29(17-18(2)3)25(24)23-14-9-15-33-23/h5-15,18,24-25H,4,16-17H2,1-3H3,(H,28,30)/t24-,25-/m1/s1. The molecule has 0 radical (unpaired) electrons. The summed E-state index contributed by atoms with van der Waals surface area (Å²) in [6.07, 6.45) is 0. The van der Waals surface area contributed by atoms with Crippen LogP contribution in [-0.4, -0.2) is 29.9 Å². The maximum absolute atomic E-state index is 13.8. The van der Waals surface area contributed by atoms with Gasteiger partial charge < -0.3 is 15.0 Å². The Kier molecular flexibility index (Phi) is 7.14. The number of nitrogens with one attached hydrogen (secondary N) is 1. The number of fused-ring (bicyclic) bond motifs is 1. The van der Waals surface area contributed by atoms with Crippen LogP contribution >= 0.6 is 11.3 Å². The third-order valence-electron chi connectivity index (χ3n) is 5.84. The fourth-order valence-corrected chi connectivity index (χ4v) is 5.36. The average Bonchev–Trinajstić information content (AvgIpc) is 3.34. The summed E-state index contributed by atoms with van der Waals surface area (Å²) in [5, 5.41) is 5.14. The highest BCUT2D eigenvalue weighted by atomic mass is 32.1. The zero-order valence-electron chi connectivity index (χ0n) is 19.3. The molecule has 1 aliphatic heterocycles. The Balaban J connectivity index is 1.71. The Morgan fingerprint density at radius 1 is 1.09 bits per heavy atom. The summed E-state index contributed by atoms with van der Waals surface area (Å²) >= 11 is 1.59. The Labute approximate surface area is 199 Å². The summed E-state index contributed by atoms with van der Waals surface area (Å²) < 4.78 is 5.72. The van der Waals surface area contributed by atoms with Crippen molar-refractivity contribution < 1.29 is 14.3 Å². The molecule has 1 aliphatic rings. The van der Waals surface area contributed by atoms with Gasteiger partial charge in [0.05, 0.1) is 18.6 Å². The lowest BCUT2D eigenvalue weighted by Gasteiger charge is -2.42. The van der Waals surface area contributed by atoms with Gasteiger partial charge in [-0.05, 0) is 42.0 Å². The molecule has 2 heterocycles. The number of benzene rings is 2. The van der Waals surface area contributed by atoms with E-state index in [-0.39, 0.29) is 23.8 Å². The zero-order valence-corrected chi connectivity index (χ0v) is 20.1. The number of nitrogens with zero attached hydrogens (tertiary/aromatic N) is 1. The van der Waals surface area contributed by atoms with Crippen molar-refractivity contribution in [3.63, 3.8) is 0 Å². The smallest absolute Gasteiger partial charge is 0.254 e. The Morgan fingerprint density at radius 2 is 1.85 bits per heavy atom. The van der Waals surface area contributed by atoms with Crippen LogP contribution < -0.4 is 10.1 Å². The van der Waals surface area contributed by atoms with Crippen molar-refractivity contribution in [2.75, 3.05) is 13.2 Å². The van der Waals surface area contributed by atoms with Crippen LogP contribution in [0.1, 0.15) is 59.1 Å². The topological polar surface area (TPSA) is 58.6 Å². The lowest BCUT2D eigenvalue weighted by atomic mass is 9.81. The number of para-hydroxylation sites is 1. The predicted molar refractivity (Wildman–Crippen MR) is 132 cm³/mol. The average molecular weight is 463 g/mol. The van der Waals surface area contributed by atoms with E-state index in [1.54, 1.807) is 11.3 Å². The van der Waals surface area contributed by atoms with E-state index in [0.717, 1.165) is 21.8 Å². The van der Waals surface area contributed by atoms with Gasteiger partial charge in [-0.1, -0.05) is 56.3 Å². The number of hydrogen-bond donors (Lipinski definition) is 1. The quantitative estimate of drug-likeness (QED) is 0.488. The fourth-order valence-electron chi connectivity index (χ4n) is 4.48. The van der Waals surface area contributed by atoms with Gasteiger partial charge >= 0.3 is 0 Å². The highest BCUT2D eigenvalue weighted by Crippen LogP contribution is 2.44. The van der Waals surface area contributed by atoms with Crippen molar-refractivity contribution in [2.24, 2.45) is 5.92 Å². The summed E-state index contributed by atoms with van der Waals surface area (Å²) in [6, 6.07) is 18.9. The van der Waals surface area contributed by atoms with Gasteiger partial charge in [-0.15, -0.1) is 11.3 Å². The van der Waals surface area contributed by atoms with Crippen LogP contribution in [0.3, 0.4) is 0 Å². The molecular formula is C27H30N2O3S. The largest absolute Gasteiger partial charge is 0.494 e. The van der Waals surface area contributed by atoms with Crippen molar-refractivity contribution in [1.82, 2.24) is 10.2 Å². The molecule has 1 aromatic heterocycles. The van der Waals surface area contributed by atoms with Crippen LogP contribution in [0.2, 0.25) is 0 Å². The molecule has 2 aromatic carbocycles. The monoisotopic (exact) mass is 462 g/mol. The van der Waals surface area contributed by atoms with E-state index in [1.165, 1.54) is 0 Å². The molecule has 2 atom stereocenters. The molecule has 2 amide bonds. The first kappa shape index (κ1) is 23.1. The van der Waals surface area contributed by atoms with Crippen molar-refractivity contribution in [3.8, 4) is 5.75 Å². The summed E-state index contributed by atoms with van der Waals surface area (Å²) in [7, 11) is 0. The van der Waals surface area contributed by atoms with E-state index in [9.17, 15) is 9.59 Å². The highest BCUT2D eigenvalue weighted by molar-refractivity contribution is 7.10. The van der Waals surface area contributed by atoms with Gasteiger partial charge in [0.25, 0.3) is 5.91 Å². The van der Waals surface area contributed by atoms with E-state index in [0.29, 0.717) is 25.3 Å². The van der Waals surface area contributed by atoms with Gasteiger partial charge in [-0.3, -0.25) is 9.59 Å². The molecule has 0 saturated heterocycles. The molecule has 172 valence electrons. The minimum Gasteiger partial charge on any atom is -0.494 e. The third-order valence-corrected chi connectivity index (χ3v) is 6.79. The molecule has 3 aromatic rings. The molecule has 0 aliphatic carbocycles. The lowest BCUT2D eigenvalue weighted by Crippen LogP contribution is -2.48. The fraction of sp³-hybridized carbons (Fsp3) is 0.333. The number of carbonyl (C=O) groups is 2. The normalized spacial score (nSPS) is 17.7. The van der Waals surface area contributed by atoms with Crippen molar-refractivity contribution in [1.29, 1.82) is 0 Å². The molecule has 6 heteroatoms. The predicted octanol–water partition coefficient (Wildman–Crippen LogP) is 5.40. The van der Waals surface area contributed by atoms with Gasteiger partial charge in [-0.2, -0.15) is 0 Å². The molecule has 4 rings (SSSR count). The number of hydrogen-bond acceptors (Lipinski definition) is 4. The third kappa shape index (κ3) is 4.81. The van der Waals surface area contributed by atoms with Crippen LogP contribution in [0.25, 0.3) is 0 Å². The minimum absolute atomic E-state index is 0.0107. The van der Waals surface area contributed by atoms with E-state index in [1.807, 2.05) is 77.9 Å². The summed E-state index contributed by atoms with van der Waals surface area (Å²) in [5.41, 5.74) is 2.33. The van der Waals surface area contributed by atoms with Crippen LogP contribution in [0, 0.1) is 5.92 Å². The molecule has 0 spiro atoms. The maximum atomic E-state index is 13.8. The molecule has 5 nitrogen and oxygen atoms in total. The second-order valence-electron chi connectivity index (χ2n) is 8.64. The van der Waals surface area contributed by atoms with E-state index in [4.69, 9.17) is 4.74 Å². The first-order chi connectivity index (χ1) is 16.0. The molecule has 33 heavy (non-hydrogen) atoms. The van der Waals surface area contributed by atoms with Gasteiger partial charge in [0.1, 0.15) is 5.75 Å². The van der Waals surface area contributed by atoms with Gasteiger partial charge in [0.15, 0.2) is 0 Å². The minimum atomic E-state index is -0.490. The lowest BCUT2D eigenvalue weighted by molar-refractivity contribution is -0.124. The van der Waals surface area contributed by atoms with Crippen molar-refractivity contribution >= 4 is 23.2 Å². The Hall–Kier alpha value is -3.12. The van der Waals surface area contributed by atoms with Gasteiger partial charge in [-0.25, -0.2) is 0 Å². The maximum Gasteiger partial charge on any atom is 0.254 e. The summed E-state index contributed by atoms with van der Waals surface area (Å²) in [4.78, 5) is 30.2. The summed E-state index contributed by atoms with van der Waals surface area (Å²) in [6.45, 7) is 7.65. The van der Waals surface area contributed by atoms with Crippen LogP contribution in [0.4, 0.5) is 0 Å². The van der Waals surface area contributed by atoms with Gasteiger partial charge in [0, 0.05) is 29.1 Å². The first-order valence-corrected chi connectivity index (χ1v) is 12.3. The van der Waals surface area contributed by atoms with Crippen LogP contribution in [0.5, 0.6) is 5.75 Å². The number of rotatable bonds is 8. The van der Waals surface area contributed by atoms with Crippen molar-refractivity contribution in [3.05, 3.63) is 87.6 Å². The molecule has 1 N–H and O–H groups in total. The zero-order chi connectivity index (χ0) is 23.4. The van der Waals surface area contributed by atoms with Crippen LogP contribution in [-0.2, 0) is 11.3 Å². The number of ether oxygens (including phenoxy) is 1. The molecule has 0 fully saturated rings. The van der Waals surface area contributed by atoms with Gasteiger partial charge in [0.2, 0.25) is 5.91 Å². The molecule has 0 unspecified atom stereocenters. The second kappa shape index (κ2) is 10.2. The molecular weight excluding hydrogens is 432 g/mol. The van der Waals surface area contributed by atoms with E-state index < -0.39 is 5.92 Å². The summed E-state index contributed by atoms with van der Waals surface area (Å²) in [5.74, 6) is 0.464. The molecule has 0 saturated carbocycles. The Morgan fingerprint density at radius 3 is 2.58 bits per heavy atom. The van der Waals surface area contributed by atoms with Crippen LogP contribution in [0.15, 0.2) is 66.0 Å². The Bertz CT molecular complexity index is 1110. The first-order valence-electron chi connectivity index (χ1n) is 11.4. The van der Waals surface area contributed by atoms with E-state index in [2.05, 4.69) is 19.2 Å². The highest BCUT2D eigenvalue weighted by Gasteiger charge is 2.44.